The minimum absolute atomic E-state index is 0. The summed E-state index contributed by atoms with van der Waals surface area (Å²) in [6.45, 7) is 10.2. The first-order chi connectivity index (χ1) is 28.3. The number of para-hydroxylation sites is 1. The number of esters is 1. The van der Waals surface area contributed by atoms with Gasteiger partial charge in [0.1, 0.15) is 6.61 Å². The molecule has 1 atom stereocenters. The minimum atomic E-state index is -1.00. The Kier molecular flexibility index (Phi) is 16.2. The van der Waals surface area contributed by atoms with E-state index in [1.165, 1.54) is 4.57 Å². The second-order valence-electron chi connectivity index (χ2n) is 17.1. The van der Waals surface area contributed by atoms with Gasteiger partial charge in [-0.1, -0.05) is 38.6 Å². The summed E-state index contributed by atoms with van der Waals surface area (Å²) in [6, 6.07) is 11.4. The van der Waals surface area contributed by atoms with Crippen molar-refractivity contribution in [2.45, 2.75) is 84.8 Å². The Morgan fingerprint density at radius 2 is 1.57 bits per heavy atom. The monoisotopic (exact) mass is 834 g/mol. The summed E-state index contributed by atoms with van der Waals surface area (Å²) in [6.07, 6.45) is 4.39. The number of fused-ring (bicyclic) bond motifs is 2. The Balaban J connectivity index is 0.000000362. The Labute approximate surface area is 354 Å². The third-order valence-corrected chi connectivity index (χ3v) is 12.3. The number of likely N-dealkylation sites (tertiary alicyclic amines) is 3. The van der Waals surface area contributed by atoms with E-state index in [4.69, 9.17) is 13.9 Å². The second kappa shape index (κ2) is 21.1. The van der Waals surface area contributed by atoms with E-state index in [0.717, 1.165) is 74.1 Å². The van der Waals surface area contributed by atoms with E-state index >= 15 is 0 Å². The molecule has 1 aromatic heterocycles. The molecule has 0 unspecified atom stereocenters. The Morgan fingerprint density at radius 1 is 0.900 bits per heavy atom. The molecule has 15 heteroatoms. The average Bonchev–Trinajstić information content (AvgIpc) is 3.39. The zero-order valence-electron chi connectivity index (χ0n) is 35.7. The van der Waals surface area contributed by atoms with Gasteiger partial charge in [-0.25, -0.2) is 14.4 Å². The summed E-state index contributed by atoms with van der Waals surface area (Å²) in [5, 5.41) is 3.03. The molecule has 0 spiro atoms. The van der Waals surface area contributed by atoms with Gasteiger partial charge in [0.15, 0.2) is 11.7 Å². The number of piperidine rings is 3. The molecule has 3 aromatic rings. The van der Waals surface area contributed by atoms with Gasteiger partial charge in [-0.15, -0.1) is 0 Å². The number of anilines is 1. The maximum Gasteiger partial charge on any atom is 0.419 e. The topological polar surface area (TPSA) is 150 Å². The summed E-state index contributed by atoms with van der Waals surface area (Å²) in [5.41, 5.74) is 4.72. The normalized spacial score (nSPS) is 18.8. The molecular formula is C45H67N7O8. The highest BCUT2D eigenvalue weighted by Gasteiger charge is 2.35. The zero-order chi connectivity index (χ0) is 42.2. The molecule has 0 radical (unpaired) electrons. The number of urea groups is 1. The van der Waals surface area contributed by atoms with Gasteiger partial charge in [0, 0.05) is 64.5 Å². The lowest BCUT2D eigenvalue weighted by atomic mass is 9.97. The molecule has 1 N–H and O–H groups in total. The molecular weight excluding hydrogens is 767 g/mol. The molecule has 7 rings (SSSR count). The molecule has 0 bridgehead atoms. The van der Waals surface area contributed by atoms with E-state index < -0.39 is 18.0 Å². The van der Waals surface area contributed by atoms with Gasteiger partial charge in [0.2, 0.25) is 0 Å². The standard InChI is InChI=1S/C33H41N5O6.C11H22N2O2.CH4/c1-21-8-13-36(14-9-21)30(39)28(20-23-18-22(2)29-27(19-23)43-32(41)35(29)3)44-33(42)37-15-11-25(12-16-37)38-17-10-24-6-4-5-7-26(24)34-31(38)40;1-12(2)8-9-15-11(14)10-4-6-13(3)7-5-10;/h4-7,18-19,21,25,28H,8-17,20H2,1-3H3,(H,34,40);10H,4-9H2,1-3H3;1H4/t28-;;/m1../s1. The number of aryl methyl sites for hydroxylation is 2. The summed E-state index contributed by atoms with van der Waals surface area (Å²) in [5.74, 6) is 0.0154. The van der Waals surface area contributed by atoms with Crippen molar-refractivity contribution in [2.75, 3.05) is 85.4 Å². The fourth-order valence-corrected chi connectivity index (χ4v) is 8.51. The molecule has 330 valence electrons. The SMILES string of the molecule is C.CN(C)CCOC(=O)C1CCN(C)CC1.Cc1cc(C[C@@H](OC(=O)N2CCC(N3CCc4ccccc4NC3=O)CC2)C(=O)N2CCC(C)CC2)cc2oc(=O)n(C)c12. The van der Waals surface area contributed by atoms with Crippen LogP contribution in [0, 0.1) is 18.8 Å². The lowest BCUT2D eigenvalue weighted by molar-refractivity contribution is -0.150. The number of amides is 4. The zero-order valence-corrected chi connectivity index (χ0v) is 35.7. The summed E-state index contributed by atoms with van der Waals surface area (Å²) >= 11 is 0. The lowest BCUT2D eigenvalue weighted by Gasteiger charge is -2.38. The van der Waals surface area contributed by atoms with E-state index in [-0.39, 0.29) is 43.7 Å². The Morgan fingerprint density at radius 3 is 2.25 bits per heavy atom. The number of nitrogens with zero attached hydrogens (tertiary/aromatic N) is 6. The highest BCUT2D eigenvalue weighted by atomic mass is 16.6. The van der Waals surface area contributed by atoms with Crippen LogP contribution in [0.1, 0.15) is 69.6 Å². The third-order valence-electron chi connectivity index (χ3n) is 12.3. The van der Waals surface area contributed by atoms with Gasteiger partial charge in [-0.3, -0.25) is 14.2 Å². The number of carbonyl (C=O) groups excluding carboxylic acids is 4. The van der Waals surface area contributed by atoms with Crippen molar-refractivity contribution >= 4 is 40.8 Å². The van der Waals surface area contributed by atoms with Crippen molar-refractivity contribution < 1.29 is 33.1 Å². The highest BCUT2D eigenvalue weighted by Crippen LogP contribution is 2.27. The van der Waals surface area contributed by atoms with Crippen LogP contribution in [0.3, 0.4) is 0 Å². The van der Waals surface area contributed by atoms with Gasteiger partial charge in [0.25, 0.3) is 5.91 Å². The molecule has 60 heavy (non-hydrogen) atoms. The van der Waals surface area contributed by atoms with Gasteiger partial charge in [-0.05, 0) is 121 Å². The molecule has 3 saturated heterocycles. The van der Waals surface area contributed by atoms with Gasteiger partial charge >= 0.3 is 23.8 Å². The van der Waals surface area contributed by atoms with Crippen molar-refractivity contribution in [1.29, 1.82) is 0 Å². The van der Waals surface area contributed by atoms with Crippen molar-refractivity contribution in [3.63, 3.8) is 0 Å². The highest BCUT2D eigenvalue weighted by molar-refractivity contribution is 5.91. The van der Waals surface area contributed by atoms with E-state index in [1.807, 2.05) is 61.2 Å². The number of likely N-dealkylation sites (N-methyl/N-ethyl adjacent to an activating group) is 1. The predicted molar refractivity (Wildman–Crippen MR) is 232 cm³/mol. The van der Waals surface area contributed by atoms with Crippen molar-refractivity contribution in [2.24, 2.45) is 18.9 Å². The molecule has 2 aromatic carbocycles. The smallest absolute Gasteiger partial charge is 0.419 e. The first-order valence-corrected chi connectivity index (χ1v) is 21.3. The van der Waals surface area contributed by atoms with E-state index in [1.54, 1.807) is 22.9 Å². The van der Waals surface area contributed by atoms with Crippen LogP contribution in [0.2, 0.25) is 0 Å². The number of hydrogen-bond acceptors (Lipinski definition) is 10. The number of benzene rings is 2. The van der Waals surface area contributed by atoms with Gasteiger partial charge in [0.05, 0.1) is 11.4 Å². The molecule has 4 amide bonds. The number of oxazole rings is 1. The molecule has 4 aliphatic rings. The molecule has 5 heterocycles. The Bertz CT molecular complexity index is 1990. The number of rotatable bonds is 9. The van der Waals surface area contributed by atoms with Crippen LogP contribution >= 0.6 is 0 Å². The second-order valence-corrected chi connectivity index (χ2v) is 17.1. The largest absolute Gasteiger partial charge is 0.464 e. The van der Waals surface area contributed by atoms with E-state index in [9.17, 15) is 24.0 Å². The predicted octanol–water partition coefficient (Wildman–Crippen LogP) is 5.37. The number of ether oxygens (including phenoxy) is 2. The molecule has 0 saturated carbocycles. The molecule has 15 nitrogen and oxygen atoms in total. The van der Waals surface area contributed by atoms with Crippen LogP contribution < -0.4 is 11.1 Å². The fourth-order valence-electron chi connectivity index (χ4n) is 8.51. The molecule has 0 aliphatic carbocycles. The van der Waals surface area contributed by atoms with Crippen molar-refractivity contribution in [1.82, 2.24) is 29.1 Å². The first-order valence-electron chi connectivity index (χ1n) is 21.3. The molecule has 4 aliphatic heterocycles. The van der Waals surface area contributed by atoms with Crippen LogP contribution in [0.4, 0.5) is 15.3 Å². The van der Waals surface area contributed by atoms with Crippen molar-refractivity contribution in [3.05, 3.63) is 63.6 Å². The van der Waals surface area contributed by atoms with Crippen LogP contribution in [0.25, 0.3) is 11.1 Å². The number of carbonyl (C=O) groups is 4. The number of nitrogens with one attached hydrogen (secondary N) is 1. The van der Waals surface area contributed by atoms with Crippen LogP contribution in [-0.4, -0.2) is 145 Å². The first kappa shape index (κ1) is 46.2. The Hall–Kier alpha value is -4.89. The maximum absolute atomic E-state index is 13.8. The van der Waals surface area contributed by atoms with E-state index in [0.29, 0.717) is 69.2 Å². The average molecular weight is 834 g/mol. The van der Waals surface area contributed by atoms with Crippen molar-refractivity contribution in [3.8, 4) is 0 Å². The lowest BCUT2D eigenvalue weighted by Crippen LogP contribution is -2.51. The number of hydrogen-bond donors (Lipinski definition) is 1. The molecule has 3 fully saturated rings. The quantitative estimate of drug-likeness (QED) is 0.279. The summed E-state index contributed by atoms with van der Waals surface area (Å²) in [4.78, 5) is 73.6. The number of aromatic nitrogens is 1. The minimum Gasteiger partial charge on any atom is -0.464 e. The van der Waals surface area contributed by atoms with Crippen LogP contribution in [-0.2, 0) is 39.0 Å². The maximum atomic E-state index is 13.8. The van der Waals surface area contributed by atoms with E-state index in [2.05, 4.69) is 24.2 Å². The van der Waals surface area contributed by atoms with Crippen LogP contribution in [0.15, 0.2) is 45.6 Å². The van der Waals surface area contributed by atoms with Crippen LogP contribution in [0.5, 0.6) is 0 Å². The summed E-state index contributed by atoms with van der Waals surface area (Å²) < 4.78 is 18.1. The third kappa shape index (κ3) is 11.7. The summed E-state index contributed by atoms with van der Waals surface area (Å²) in [7, 11) is 7.70. The van der Waals surface area contributed by atoms with Gasteiger partial charge < -0.3 is 43.7 Å². The van der Waals surface area contributed by atoms with Gasteiger partial charge in [-0.2, -0.15) is 0 Å². The fraction of sp³-hybridized carbons (Fsp3) is 0.622.